The molecular weight excluding hydrogens is 150 g/mol. The summed E-state index contributed by atoms with van der Waals surface area (Å²) < 4.78 is 0. The van der Waals surface area contributed by atoms with Crippen LogP contribution in [-0.2, 0) is 0 Å². The van der Waals surface area contributed by atoms with Crippen LogP contribution in [0.2, 0.25) is 0 Å². The standard InChI is InChI=1S/C9H7N3/c1-6-9-7(5-10)3-2-4-8(9)12-11-6/h2-4H,1H3,(H,11,12). The molecule has 0 fully saturated rings. The summed E-state index contributed by atoms with van der Waals surface area (Å²) >= 11 is 0. The minimum atomic E-state index is 0.679. The number of aromatic amines is 1. The van der Waals surface area contributed by atoms with Crippen molar-refractivity contribution in [3.63, 3.8) is 0 Å². The molecule has 0 atom stereocenters. The second-order valence-corrected chi connectivity index (χ2v) is 2.65. The highest BCUT2D eigenvalue weighted by atomic mass is 15.1. The maximum atomic E-state index is 8.79. The number of benzene rings is 1. The Morgan fingerprint density at radius 2 is 2.33 bits per heavy atom. The van der Waals surface area contributed by atoms with Crippen molar-refractivity contribution in [2.24, 2.45) is 0 Å². The molecule has 0 saturated heterocycles. The van der Waals surface area contributed by atoms with Crippen molar-refractivity contribution in [3.05, 3.63) is 29.5 Å². The second-order valence-electron chi connectivity index (χ2n) is 2.65. The van der Waals surface area contributed by atoms with Crippen LogP contribution in [0.25, 0.3) is 10.9 Å². The zero-order chi connectivity index (χ0) is 8.55. The van der Waals surface area contributed by atoms with Crippen LogP contribution in [0, 0.1) is 18.3 Å². The van der Waals surface area contributed by atoms with E-state index in [1.54, 1.807) is 6.07 Å². The van der Waals surface area contributed by atoms with Gasteiger partial charge in [0.05, 0.1) is 22.8 Å². The lowest BCUT2D eigenvalue weighted by Gasteiger charge is -1.91. The summed E-state index contributed by atoms with van der Waals surface area (Å²) in [4.78, 5) is 0. The predicted octanol–water partition coefficient (Wildman–Crippen LogP) is 1.74. The molecule has 3 nitrogen and oxygen atoms in total. The van der Waals surface area contributed by atoms with E-state index < -0.39 is 0 Å². The first-order valence-electron chi connectivity index (χ1n) is 3.66. The minimum Gasteiger partial charge on any atom is -0.278 e. The third-order valence-electron chi connectivity index (χ3n) is 1.89. The number of nitriles is 1. The van der Waals surface area contributed by atoms with E-state index >= 15 is 0 Å². The van der Waals surface area contributed by atoms with Crippen LogP contribution in [0.15, 0.2) is 18.2 Å². The van der Waals surface area contributed by atoms with Crippen molar-refractivity contribution in [2.45, 2.75) is 6.92 Å². The number of H-pyrrole nitrogens is 1. The van der Waals surface area contributed by atoms with E-state index in [4.69, 9.17) is 5.26 Å². The topological polar surface area (TPSA) is 52.5 Å². The van der Waals surface area contributed by atoms with E-state index in [0.29, 0.717) is 5.56 Å². The SMILES string of the molecule is Cc1n[nH]c2cccc(C#N)c12. The van der Waals surface area contributed by atoms with Crippen molar-refractivity contribution in [3.8, 4) is 6.07 Å². The highest BCUT2D eigenvalue weighted by Crippen LogP contribution is 2.18. The summed E-state index contributed by atoms with van der Waals surface area (Å²) in [5, 5.41) is 16.6. The Bertz CT molecular complexity index is 462. The van der Waals surface area contributed by atoms with E-state index in [-0.39, 0.29) is 0 Å². The van der Waals surface area contributed by atoms with Crippen LogP contribution in [0.1, 0.15) is 11.3 Å². The van der Waals surface area contributed by atoms with Crippen LogP contribution in [-0.4, -0.2) is 10.2 Å². The third-order valence-corrected chi connectivity index (χ3v) is 1.89. The summed E-state index contributed by atoms with van der Waals surface area (Å²) in [7, 11) is 0. The highest BCUT2D eigenvalue weighted by molar-refractivity contribution is 5.86. The van der Waals surface area contributed by atoms with Gasteiger partial charge in [0.1, 0.15) is 0 Å². The molecule has 0 bridgehead atoms. The quantitative estimate of drug-likeness (QED) is 0.633. The van der Waals surface area contributed by atoms with Gasteiger partial charge in [0.25, 0.3) is 0 Å². The molecular formula is C9H7N3. The molecule has 0 spiro atoms. The highest BCUT2D eigenvalue weighted by Gasteiger charge is 2.04. The largest absolute Gasteiger partial charge is 0.278 e. The van der Waals surface area contributed by atoms with Gasteiger partial charge in [-0.15, -0.1) is 0 Å². The van der Waals surface area contributed by atoms with Crippen LogP contribution in [0.4, 0.5) is 0 Å². The van der Waals surface area contributed by atoms with Gasteiger partial charge in [-0.25, -0.2) is 0 Å². The monoisotopic (exact) mass is 157 g/mol. The predicted molar refractivity (Wildman–Crippen MR) is 45.5 cm³/mol. The smallest absolute Gasteiger partial charge is 0.0999 e. The average molecular weight is 157 g/mol. The van der Waals surface area contributed by atoms with E-state index in [9.17, 15) is 0 Å². The second kappa shape index (κ2) is 2.35. The number of fused-ring (bicyclic) bond motifs is 1. The lowest BCUT2D eigenvalue weighted by atomic mass is 10.1. The Hall–Kier alpha value is -1.82. The fourth-order valence-electron chi connectivity index (χ4n) is 1.33. The van der Waals surface area contributed by atoms with Gasteiger partial charge in [0, 0.05) is 5.39 Å². The first-order chi connectivity index (χ1) is 5.83. The number of aryl methyl sites for hydroxylation is 1. The van der Waals surface area contributed by atoms with E-state index in [1.807, 2.05) is 19.1 Å². The van der Waals surface area contributed by atoms with Crippen molar-refractivity contribution < 1.29 is 0 Å². The molecule has 0 aliphatic carbocycles. The summed E-state index contributed by atoms with van der Waals surface area (Å²) in [6.07, 6.45) is 0. The van der Waals surface area contributed by atoms with Gasteiger partial charge in [0.2, 0.25) is 0 Å². The fourth-order valence-corrected chi connectivity index (χ4v) is 1.33. The average Bonchev–Trinajstić information content (AvgIpc) is 2.48. The van der Waals surface area contributed by atoms with Gasteiger partial charge < -0.3 is 0 Å². The molecule has 1 aromatic carbocycles. The van der Waals surface area contributed by atoms with E-state index in [0.717, 1.165) is 16.6 Å². The van der Waals surface area contributed by atoms with Crippen molar-refractivity contribution in [1.29, 1.82) is 5.26 Å². The Labute approximate surface area is 69.6 Å². The molecule has 2 aromatic rings. The third kappa shape index (κ3) is 0.785. The number of aromatic nitrogens is 2. The molecule has 1 N–H and O–H groups in total. The Morgan fingerprint density at radius 1 is 1.50 bits per heavy atom. The van der Waals surface area contributed by atoms with E-state index in [1.165, 1.54) is 0 Å². The summed E-state index contributed by atoms with van der Waals surface area (Å²) in [6, 6.07) is 7.69. The molecule has 0 aliphatic heterocycles. The Kier molecular flexibility index (Phi) is 1.34. The van der Waals surface area contributed by atoms with Crippen molar-refractivity contribution in [1.82, 2.24) is 10.2 Å². The van der Waals surface area contributed by atoms with Gasteiger partial charge in [-0.05, 0) is 19.1 Å². The summed E-state index contributed by atoms with van der Waals surface area (Å²) in [5.41, 5.74) is 2.48. The van der Waals surface area contributed by atoms with E-state index in [2.05, 4.69) is 16.3 Å². The van der Waals surface area contributed by atoms with Crippen LogP contribution < -0.4 is 0 Å². The molecule has 1 heterocycles. The lowest BCUT2D eigenvalue weighted by Crippen LogP contribution is -1.77. The van der Waals surface area contributed by atoms with Crippen LogP contribution in [0.3, 0.4) is 0 Å². The lowest BCUT2D eigenvalue weighted by molar-refractivity contribution is 1.07. The van der Waals surface area contributed by atoms with Gasteiger partial charge in [-0.2, -0.15) is 10.4 Å². The molecule has 0 saturated carbocycles. The zero-order valence-electron chi connectivity index (χ0n) is 6.63. The fraction of sp³-hybridized carbons (Fsp3) is 0.111. The number of hydrogen-bond donors (Lipinski definition) is 1. The number of nitrogens with zero attached hydrogens (tertiary/aromatic N) is 2. The maximum Gasteiger partial charge on any atom is 0.0999 e. The van der Waals surface area contributed by atoms with Gasteiger partial charge >= 0.3 is 0 Å². The first-order valence-corrected chi connectivity index (χ1v) is 3.66. The zero-order valence-corrected chi connectivity index (χ0v) is 6.63. The molecule has 0 aliphatic rings. The molecule has 0 unspecified atom stereocenters. The van der Waals surface area contributed by atoms with Crippen LogP contribution in [0.5, 0.6) is 0 Å². The number of rotatable bonds is 0. The van der Waals surface area contributed by atoms with Gasteiger partial charge in [-0.3, -0.25) is 5.10 Å². The molecule has 12 heavy (non-hydrogen) atoms. The van der Waals surface area contributed by atoms with Crippen LogP contribution >= 0.6 is 0 Å². The van der Waals surface area contributed by atoms with Crippen molar-refractivity contribution >= 4 is 10.9 Å². The molecule has 58 valence electrons. The molecule has 2 rings (SSSR count). The van der Waals surface area contributed by atoms with Gasteiger partial charge in [0.15, 0.2) is 0 Å². The van der Waals surface area contributed by atoms with Crippen molar-refractivity contribution in [2.75, 3.05) is 0 Å². The summed E-state index contributed by atoms with van der Waals surface area (Å²) in [6.45, 7) is 1.89. The molecule has 0 radical (unpaired) electrons. The summed E-state index contributed by atoms with van der Waals surface area (Å²) in [5.74, 6) is 0. The first kappa shape index (κ1) is 6.86. The molecule has 1 aromatic heterocycles. The van der Waals surface area contributed by atoms with Gasteiger partial charge in [-0.1, -0.05) is 6.07 Å². The Morgan fingerprint density at radius 3 is 3.08 bits per heavy atom. The normalized spacial score (nSPS) is 10.0. The Balaban J connectivity index is 2.96. The molecule has 3 heteroatoms. The molecule has 0 amide bonds. The number of nitrogens with one attached hydrogen (secondary N) is 1. The minimum absolute atomic E-state index is 0.679. The number of hydrogen-bond acceptors (Lipinski definition) is 2. The maximum absolute atomic E-state index is 8.79.